The van der Waals surface area contributed by atoms with E-state index in [9.17, 15) is 0 Å². The molecule has 1 unspecified atom stereocenters. The van der Waals surface area contributed by atoms with Crippen LogP contribution in [0.5, 0.6) is 0 Å². The smallest absolute Gasteiger partial charge is 0.147 e. The van der Waals surface area contributed by atoms with Crippen LogP contribution >= 0.6 is 11.6 Å². The van der Waals surface area contributed by atoms with Gasteiger partial charge in [0.1, 0.15) is 5.15 Å². The fraction of sp³-hybridized carbons (Fsp3) is 0.714. The highest BCUT2D eigenvalue weighted by Gasteiger charge is 2.18. The Labute approximate surface area is 120 Å². The molecule has 0 aromatic carbocycles. The molecule has 0 aliphatic carbocycles. The molecule has 106 valence electrons. The SMILES string of the molecule is CCCCN(Cc1cnc(Cl)cn1)CC1CCCN1. The third-order valence-electron chi connectivity index (χ3n) is 3.53. The number of rotatable bonds is 7. The van der Waals surface area contributed by atoms with Gasteiger partial charge in [-0.2, -0.15) is 0 Å². The van der Waals surface area contributed by atoms with Crippen molar-refractivity contribution in [1.82, 2.24) is 20.2 Å². The maximum Gasteiger partial charge on any atom is 0.147 e. The highest BCUT2D eigenvalue weighted by molar-refractivity contribution is 6.29. The van der Waals surface area contributed by atoms with Gasteiger partial charge < -0.3 is 5.32 Å². The molecule has 1 fully saturated rings. The van der Waals surface area contributed by atoms with Gasteiger partial charge in [-0.3, -0.25) is 9.88 Å². The van der Waals surface area contributed by atoms with E-state index in [2.05, 4.69) is 27.1 Å². The Balaban J connectivity index is 1.89. The minimum atomic E-state index is 0.460. The predicted octanol–water partition coefficient (Wildman–Crippen LogP) is 2.48. The lowest BCUT2D eigenvalue weighted by molar-refractivity contribution is 0.235. The summed E-state index contributed by atoms with van der Waals surface area (Å²) in [5, 5.41) is 4.02. The summed E-state index contributed by atoms with van der Waals surface area (Å²) in [7, 11) is 0. The highest BCUT2D eigenvalue weighted by atomic mass is 35.5. The molecular weight excluding hydrogens is 260 g/mol. The summed E-state index contributed by atoms with van der Waals surface area (Å²) < 4.78 is 0. The van der Waals surface area contributed by atoms with E-state index in [-0.39, 0.29) is 0 Å². The minimum Gasteiger partial charge on any atom is -0.313 e. The zero-order valence-electron chi connectivity index (χ0n) is 11.6. The molecule has 4 nitrogen and oxygen atoms in total. The van der Waals surface area contributed by atoms with Crippen LogP contribution in [0, 0.1) is 0 Å². The summed E-state index contributed by atoms with van der Waals surface area (Å²) in [5.74, 6) is 0. The van der Waals surface area contributed by atoms with Gasteiger partial charge in [-0.25, -0.2) is 4.98 Å². The van der Waals surface area contributed by atoms with Crippen LogP contribution in [-0.4, -0.2) is 40.5 Å². The molecular formula is C14H23ClN4. The second-order valence-electron chi connectivity index (χ2n) is 5.21. The number of nitrogens with one attached hydrogen (secondary N) is 1. The number of unbranched alkanes of at least 4 members (excludes halogenated alkanes) is 1. The average Bonchev–Trinajstić information content (AvgIpc) is 2.91. The molecule has 0 saturated carbocycles. The van der Waals surface area contributed by atoms with Gasteiger partial charge in [0.05, 0.1) is 18.1 Å². The van der Waals surface area contributed by atoms with E-state index in [0.717, 1.165) is 31.9 Å². The Morgan fingerprint density at radius 3 is 2.95 bits per heavy atom. The number of aromatic nitrogens is 2. The lowest BCUT2D eigenvalue weighted by Gasteiger charge is -2.25. The highest BCUT2D eigenvalue weighted by Crippen LogP contribution is 2.11. The lowest BCUT2D eigenvalue weighted by atomic mass is 10.2. The van der Waals surface area contributed by atoms with Crippen LogP contribution < -0.4 is 5.32 Å². The number of hydrogen-bond acceptors (Lipinski definition) is 4. The lowest BCUT2D eigenvalue weighted by Crippen LogP contribution is -2.37. The molecule has 2 rings (SSSR count). The first-order valence-electron chi connectivity index (χ1n) is 7.20. The normalized spacial score (nSPS) is 19.2. The van der Waals surface area contributed by atoms with Crippen molar-refractivity contribution in [3.8, 4) is 0 Å². The first-order valence-corrected chi connectivity index (χ1v) is 7.58. The fourth-order valence-corrected chi connectivity index (χ4v) is 2.59. The molecule has 0 spiro atoms. The van der Waals surface area contributed by atoms with Crippen molar-refractivity contribution in [2.24, 2.45) is 0 Å². The fourth-order valence-electron chi connectivity index (χ4n) is 2.49. The zero-order valence-corrected chi connectivity index (χ0v) is 12.4. The molecule has 1 aromatic rings. The third kappa shape index (κ3) is 5.05. The second-order valence-corrected chi connectivity index (χ2v) is 5.60. The van der Waals surface area contributed by atoms with Crippen LogP contribution in [0.3, 0.4) is 0 Å². The number of hydrogen-bond donors (Lipinski definition) is 1. The predicted molar refractivity (Wildman–Crippen MR) is 78.3 cm³/mol. The Morgan fingerprint density at radius 2 is 2.32 bits per heavy atom. The molecule has 0 radical (unpaired) electrons. The van der Waals surface area contributed by atoms with E-state index in [1.165, 1.54) is 25.7 Å². The Hall–Kier alpha value is -0.710. The van der Waals surface area contributed by atoms with E-state index in [4.69, 9.17) is 11.6 Å². The van der Waals surface area contributed by atoms with Crippen molar-refractivity contribution >= 4 is 11.6 Å². The van der Waals surface area contributed by atoms with Crippen molar-refractivity contribution in [2.75, 3.05) is 19.6 Å². The van der Waals surface area contributed by atoms with Gasteiger partial charge in [-0.15, -0.1) is 0 Å². The minimum absolute atomic E-state index is 0.460. The maximum atomic E-state index is 5.77. The van der Waals surface area contributed by atoms with Crippen molar-refractivity contribution in [3.05, 3.63) is 23.2 Å². The summed E-state index contributed by atoms with van der Waals surface area (Å²) in [5.41, 5.74) is 0.999. The first kappa shape index (κ1) is 14.7. The van der Waals surface area contributed by atoms with Crippen LogP contribution in [0.2, 0.25) is 5.15 Å². The van der Waals surface area contributed by atoms with Crippen molar-refractivity contribution in [2.45, 2.75) is 45.2 Å². The van der Waals surface area contributed by atoms with Crippen LogP contribution in [0.4, 0.5) is 0 Å². The summed E-state index contributed by atoms with van der Waals surface area (Å²) in [6.07, 6.45) is 8.45. The molecule has 1 aromatic heterocycles. The molecule has 1 aliphatic heterocycles. The Kier molecular flexibility index (Phi) is 6.01. The van der Waals surface area contributed by atoms with Crippen LogP contribution in [-0.2, 0) is 6.54 Å². The molecule has 0 bridgehead atoms. The molecule has 1 N–H and O–H groups in total. The summed E-state index contributed by atoms with van der Waals surface area (Å²) in [6, 6.07) is 0.636. The quantitative estimate of drug-likeness (QED) is 0.834. The second kappa shape index (κ2) is 7.78. The van der Waals surface area contributed by atoms with Gasteiger partial charge in [0.2, 0.25) is 0 Å². The number of nitrogens with zero attached hydrogens (tertiary/aromatic N) is 3. The van der Waals surface area contributed by atoms with Crippen molar-refractivity contribution in [1.29, 1.82) is 0 Å². The van der Waals surface area contributed by atoms with E-state index in [1.807, 2.05) is 0 Å². The first-order chi connectivity index (χ1) is 9.28. The molecule has 1 saturated heterocycles. The molecule has 5 heteroatoms. The third-order valence-corrected chi connectivity index (χ3v) is 3.72. The zero-order chi connectivity index (χ0) is 13.5. The van der Waals surface area contributed by atoms with Crippen LogP contribution in [0.15, 0.2) is 12.4 Å². The monoisotopic (exact) mass is 282 g/mol. The van der Waals surface area contributed by atoms with Gasteiger partial charge in [-0.05, 0) is 32.4 Å². The van der Waals surface area contributed by atoms with Crippen molar-refractivity contribution < 1.29 is 0 Å². The van der Waals surface area contributed by atoms with Crippen molar-refractivity contribution in [3.63, 3.8) is 0 Å². The van der Waals surface area contributed by atoms with Crippen LogP contribution in [0.1, 0.15) is 38.3 Å². The molecule has 1 aliphatic rings. The summed E-state index contributed by atoms with van der Waals surface area (Å²) in [4.78, 5) is 10.9. The van der Waals surface area contributed by atoms with E-state index in [0.29, 0.717) is 11.2 Å². The van der Waals surface area contributed by atoms with E-state index < -0.39 is 0 Å². The van der Waals surface area contributed by atoms with E-state index >= 15 is 0 Å². The molecule has 0 amide bonds. The topological polar surface area (TPSA) is 41.1 Å². The van der Waals surface area contributed by atoms with Gasteiger partial charge >= 0.3 is 0 Å². The Morgan fingerprint density at radius 1 is 1.42 bits per heavy atom. The number of halogens is 1. The summed E-state index contributed by atoms with van der Waals surface area (Å²) in [6.45, 7) is 6.48. The van der Waals surface area contributed by atoms with Crippen LogP contribution in [0.25, 0.3) is 0 Å². The summed E-state index contributed by atoms with van der Waals surface area (Å²) >= 11 is 5.77. The van der Waals surface area contributed by atoms with Gasteiger partial charge in [0.25, 0.3) is 0 Å². The molecule has 2 heterocycles. The van der Waals surface area contributed by atoms with Gasteiger partial charge in [0, 0.05) is 19.1 Å². The van der Waals surface area contributed by atoms with Gasteiger partial charge in [0.15, 0.2) is 0 Å². The Bertz CT molecular complexity index is 362. The van der Waals surface area contributed by atoms with E-state index in [1.54, 1.807) is 12.4 Å². The maximum absolute atomic E-state index is 5.77. The molecule has 19 heavy (non-hydrogen) atoms. The molecule has 1 atom stereocenters. The average molecular weight is 283 g/mol. The standard InChI is InChI=1S/C14H23ClN4/c1-2-3-7-19(10-12-5-4-6-16-12)11-13-8-18-14(15)9-17-13/h8-9,12,16H,2-7,10-11H2,1H3. The van der Waals surface area contributed by atoms with Gasteiger partial charge in [-0.1, -0.05) is 24.9 Å². The largest absolute Gasteiger partial charge is 0.313 e.